The number of hydrogen-bond donors (Lipinski definition) is 0. The van der Waals surface area contributed by atoms with Gasteiger partial charge in [-0.2, -0.15) is 0 Å². The molecule has 0 N–H and O–H groups in total. The van der Waals surface area contributed by atoms with E-state index in [2.05, 4.69) is 80.9 Å². The van der Waals surface area contributed by atoms with Crippen molar-refractivity contribution in [3.63, 3.8) is 0 Å². The molecule has 47 heavy (non-hydrogen) atoms. The van der Waals surface area contributed by atoms with E-state index in [1.54, 1.807) is 35.6 Å². The Kier molecular flexibility index (Phi) is 15.5. The van der Waals surface area contributed by atoms with Crippen LogP contribution in [0.3, 0.4) is 0 Å². The minimum atomic E-state index is -0.0525. The lowest BCUT2D eigenvalue weighted by Crippen LogP contribution is -2.06. The van der Waals surface area contributed by atoms with Gasteiger partial charge in [-0.05, 0) is 98.2 Å². The van der Waals surface area contributed by atoms with E-state index < -0.39 is 0 Å². The van der Waals surface area contributed by atoms with E-state index in [0.717, 1.165) is 104 Å². The fourth-order valence-corrected chi connectivity index (χ4v) is 6.07. The predicted octanol–water partition coefficient (Wildman–Crippen LogP) is 11.0. The van der Waals surface area contributed by atoms with Gasteiger partial charge < -0.3 is 18.9 Å². The number of ether oxygens (including phenoxy) is 4. The zero-order chi connectivity index (χ0) is 33.1. The molecule has 0 spiro atoms. The van der Waals surface area contributed by atoms with Crippen molar-refractivity contribution in [2.45, 2.75) is 63.6 Å². The Balaban J connectivity index is 1.17. The van der Waals surface area contributed by atoms with Crippen LogP contribution in [-0.2, 0) is 9.47 Å². The van der Waals surface area contributed by atoms with Crippen LogP contribution in [0.15, 0.2) is 117 Å². The fourth-order valence-electron chi connectivity index (χ4n) is 5.06. The van der Waals surface area contributed by atoms with Crippen molar-refractivity contribution in [1.29, 1.82) is 0 Å². The molecule has 4 rings (SSSR count). The summed E-state index contributed by atoms with van der Waals surface area (Å²) in [6.07, 6.45) is 15.6. The van der Waals surface area contributed by atoms with Gasteiger partial charge in [0.05, 0.1) is 35.6 Å². The molecule has 248 valence electrons. The lowest BCUT2D eigenvalue weighted by molar-refractivity contribution is 0.111. The van der Waals surface area contributed by atoms with Crippen LogP contribution in [0, 0.1) is 0 Å². The first-order chi connectivity index (χ1) is 23.1. The normalized spacial score (nSPS) is 11.2. The molecule has 0 bridgehead atoms. The van der Waals surface area contributed by atoms with E-state index >= 15 is 0 Å². The van der Waals surface area contributed by atoms with Crippen molar-refractivity contribution in [3.8, 4) is 33.2 Å². The van der Waals surface area contributed by atoms with Crippen molar-refractivity contribution < 1.29 is 18.9 Å². The summed E-state index contributed by atoms with van der Waals surface area (Å²) >= 11 is 1.71. The SMILES string of the molecule is C=CC(C=C)OCCCCCCOc1ccc(-c2ccc3nc(-c4ccc(OCCCCCCOC(C=C)C=C)cc4)sc3c2)cc1. The van der Waals surface area contributed by atoms with Gasteiger partial charge in [0.25, 0.3) is 0 Å². The molecule has 5 nitrogen and oxygen atoms in total. The van der Waals surface area contributed by atoms with Gasteiger partial charge in [-0.3, -0.25) is 0 Å². The highest BCUT2D eigenvalue weighted by Crippen LogP contribution is 2.34. The molecular formula is C41H49NO4S. The third-order valence-corrected chi connectivity index (χ3v) is 8.91. The number of fused-ring (bicyclic) bond motifs is 1. The van der Waals surface area contributed by atoms with E-state index in [1.165, 1.54) is 10.3 Å². The maximum atomic E-state index is 5.98. The second-order valence-corrected chi connectivity index (χ2v) is 12.4. The summed E-state index contributed by atoms with van der Waals surface area (Å²) in [5.41, 5.74) is 4.44. The summed E-state index contributed by atoms with van der Waals surface area (Å²) in [6.45, 7) is 17.9. The van der Waals surface area contributed by atoms with Crippen LogP contribution in [-0.4, -0.2) is 43.6 Å². The lowest BCUT2D eigenvalue weighted by atomic mass is 10.1. The van der Waals surface area contributed by atoms with Crippen molar-refractivity contribution in [1.82, 2.24) is 4.98 Å². The zero-order valence-corrected chi connectivity index (χ0v) is 28.4. The predicted molar refractivity (Wildman–Crippen MR) is 199 cm³/mol. The highest BCUT2D eigenvalue weighted by Gasteiger charge is 2.09. The number of aromatic nitrogens is 1. The van der Waals surface area contributed by atoms with Crippen LogP contribution in [0.2, 0.25) is 0 Å². The van der Waals surface area contributed by atoms with Crippen LogP contribution in [0.25, 0.3) is 31.9 Å². The first-order valence-electron chi connectivity index (χ1n) is 16.7. The van der Waals surface area contributed by atoms with E-state index in [4.69, 9.17) is 23.9 Å². The Labute approximate surface area is 285 Å². The van der Waals surface area contributed by atoms with Crippen molar-refractivity contribution in [3.05, 3.63) is 117 Å². The van der Waals surface area contributed by atoms with Gasteiger partial charge in [-0.15, -0.1) is 37.7 Å². The molecule has 6 heteroatoms. The molecule has 0 saturated carbocycles. The van der Waals surface area contributed by atoms with Gasteiger partial charge in [0.1, 0.15) is 16.5 Å². The molecule has 0 amide bonds. The molecule has 0 unspecified atom stereocenters. The molecule has 1 aromatic heterocycles. The van der Waals surface area contributed by atoms with Crippen molar-refractivity contribution in [2.75, 3.05) is 26.4 Å². The Morgan fingerprint density at radius 1 is 0.532 bits per heavy atom. The molecule has 4 aromatic rings. The van der Waals surface area contributed by atoms with E-state index in [9.17, 15) is 0 Å². The van der Waals surface area contributed by atoms with Crippen LogP contribution >= 0.6 is 11.3 Å². The average Bonchev–Trinajstić information content (AvgIpc) is 3.55. The van der Waals surface area contributed by atoms with Gasteiger partial charge in [0.2, 0.25) is 0 Å². The summed E-state index contributed by atoms with van der Waals surface area (Å²) in [5, 5.41) is 1.01. The van der Waals surface area contributed by atoms with Crippen LogP contribution in [0.5, 0.6) is 11.5 Å². The standard InChI is InChI=1S/C41H49NO4S/c1-5-35(6-2)43-27-13-9-11-15-29-45-37-22-17-32(18-23-37)34-21-26-39-40(31-34)47-41(42-39)33-19-24-38(25-20-33)46-30-16-12-10-14-28-44-36(7-3)8-4/h5-8,17-26,31,35-36H,1-4,9-16,27-30H2. The minimum absolute atomic E-state index is 0.0515. The summed E-state index contributed by atoms with van der Waals surface area (Å²) in [5.74, 6) is 1.79. The Morgan fingerprint density at radius 3 is 1.47 bits per heavy atom. The number of rotatable bonds is 24. The number of hydrogen-bond acceptors (Lipinski definition) is 6. The van der Waals surface area contributed by atoms with Gasteiger partial charge >= 0.3 is 0 Å². The van der Waals surface area contributed by atoms with Crippen LogP contribution in [0.1, 0.15) is 51.4 Å². The molecule has 0 radical (unpaired) electrons. The number of thiazole rings is 1. The molecule has 0 fully saturated rings. The third-order valence-electron chi connectivity index (χ3n) is 7.84. The summed E-state index contributed by atoms with van der Waals surface area (Å²) < 4.78 is 24.5. The number of nitrogens with zero attached hydrogens (tertiary/aromatic N) is 1. The van der Waals surface area contributed by atoms with Crippen LogP contribution < -0.4 is 9.47 Å². The molecule has 0 atom stereocenters. The summed E-state index contributed by atoms with van der Waals surface area (Å²) in [4.78, 5) is 4.90. The van der Waals surface area contributed by atoms with Gasteiger partial charge in [-0.1, -0.05) is 55.3 Å². The summed E-state index contributed by atoms with van der Waals surface area (Å²) in [7, 11) is 0. The molecule has 0 aliphatic heterocycles. The maximum absolute atomic E-state index is 5.98. The number of unbranched alkanes of at least 4 members (excludes halogenated alkanes) is 6. The maximum Gasteiger partial charge on any atom is 0.124 e. The molecular weight excluding hydrogens is 603 g/mol. The van der Waals surface area contributed by atoms with Gasteiger partial charge in [0.15, 0.2) is 0 Å². The minimum Gasteiger partial charge on any atom is -0.494 e. The molecule has 1 heterocycles. The Morgan fingerprint density at radius 2 is 0.979 bits per heavy atom. The fraction of sp³-hybridized carbons (Fsp3) is 0.341. The largest absolute Gasteiger partial charge is 0.494 e. The molecule has 0 aliphatic rings. The van der Waals surface area contributed by atoms with Crippen molar-refractivity contribution >= 4 is 21.6 Å². The first-order valence-corrected chi connectivity index (χ1v) is 17.6. The van der Waals surface area contributed by atoms with E-state index in [0.29, 0.717) is 6.61 Å². The smallest absolute Gasteiger partial charge is 0.124 e. The Hall–Kier alpha value is -3.97. The van der Waals surface area contributed by atoms with E-state index in [1.807, 2.05) is 12.1 Å². The summed E-state index contributed by atoms with van der Waals surface area (Å²) in [6, 6.07) is 23.1. The van der Waals surface area contributed by atoms with Crippen LogP contribution in [0.4, 0.5) is 0 Å². The highest BCUT2D eigenvalue weighted by atomic mass is 32.1. The molecule has 0 aliphatic carbocycles. The first kappa shape index (κ1) is 35.9. The third kappa shape index (κ3) is 12.0. The second kappa shape index (κ2) is 20.3. The molecule has 0 saturated heterocycles. The lowest BCUT2D eigenvalue weighted by Gasteiger charge is -2.09. The quantitative estimate of drug-likeness (QED) is 0.0557. The number of benzene rings is 3. The second-order valence-electron chi connectivity index (χ2n) is 11.4. The average molecular weight is 652 g/mol. The topological polar surface area (TPSA) is 49.8 Å². The van der Waals surface area contributed by atoms with Gasteiger partial charge in [-0.25, -0.2) is 4.98 Å². The highest BCUT2D eigenvalue weighted by molar-refractivity contribution is 7.21. The monoisotopic (exact) mass is 651 g/mol. The Bertz CT molecular complexity index is 1430. The zero-order valence-electron chi connectivity index (χ0n) is 27.6. The molecule has 3 aromatic carbocycles. The van der Waals surface area contributed by atoms with Gasteiger partial charge in [0, 0.05) is 18.8 Å². The van der Waals surface area contributed by atoms with E-state index in [-0.39, 0.29) is 12.2 Å². The van der Waals surface area contributed by atoms with Crippen molar-refractivity contribution in [2.24, 2.45) is 0 Å².